The third-order valence-corrected chi connectivity index (χ3v) is 6.66. The maximum Gasteiger partial charge on any atom is 0.435 e. The van der Waals surface area contributed by atoms with Crippen molar-refractivity contribution in [2.75, 3.05) is 39.4 Å². The van der Waals surface area contributed by atoms with E-state index in [1.165, 1.54) is 16.6 Å². The molecule has 5 nitrogen and oxygen atoms in total. The average molecular weight is 376 g/mol. The first-order valence-electron chi connectivity index (χ1n) is 8.76. The Labute approximate surface area is 149 Å². The van der Waals surface area contributed by atoms with Crippen LogP contribution in [-0.2, 0) is 18.0 Å². The molecule has 3 fully saturated rings. The molecule has 3 aliphatic rings. The lowest BCUT2D eigenvalue weighted by Gasteiger charge is -2.32. The van der Waals surface area contributed by atoms with Crippen molar-refractivity contribution >= 4 is 11.9 Å². The van der Waals surface area contributed by atoms with Crippen LogP contribution in [0.15, 0.2) is 11.1 Å². The van der Waals surface area contributed by atoms with Gasteiger partial charge in [0.25, 0.3) is 0 Å². The number of hydrogen-bond donors (Lipinski definition) is 0. The van der Waals surface area contributed by atoms with Gasteiger partial charge < -0.3 is 4.74 Å². The van der Waals surface area contributed by atoms with Crippen molar-refractivity contribution in [3.05, 3.63) is 11.8 Å². The van der Waals surface area contributed by atoms with E-state index in [2.05, 4.69) is 14.3 Å². The molecule has 0 radical (unpaired) electrons. The molecule has 1 aromatic heterocycles. The largest absolute Gasteiger partial charge is 0.435 e. The molecule has 0 bridgehead atoms. The Morgan fingerprint density at radius 1 is 1.12 bits per heavy atom. The second-order valence-corrected chi connectivity index (χ2v) is 8.36. The van der Waals surface area contributed by atoms with Gasteiger partial charge in [-0.3, -0.25) is 9.58 Å². The molecular weight excluding hydrogens is 353 g/mol. The minimum atomic E-state index is -4.39. The number of ether oxygens (including phenoxy) is 1. The highest BCUT2D eigenvalue weighted by Crippen LogP contribution is 2.39. The van der Waals surface area contributed by atoms with E-state index in [9.17, 15) is 13.2 Å². The molecule has 0 spiro atoms. The van der Waals surface area contributed by atoms with Crippen LogP contribution in [0.3, 0.4) is 0 Å². The van der Waals surface area contributed by atoms with Crippen LogP contribution in [0.25, 0.3) is 0 Å². The van der Waals surface area contributed by atoms with Gasteiger partial charge in [-0.15, -0.1) is 0 Å². The summed E-state index contributed by atoms with van der Waals surface area (Å²) in [6.07, 6.45) is -2.15. The molecule has 0 amide bonds. The van der Waals surface area contributed by atoms with Gasteiger partial charge in [0.15, 0.2) is 5.69 Å². The molecule has 4 heterocycles. The fourth-order valence-electron chi connectivity index (χ4n) is 4.22. The van der Waals surface area contributed by atoms with Crippen LogP contribution in [0.2, 0.25) is 0 Å². The van der Waals surface area contributed by atoms with Crippen molar-refractivity contribution in [3.8, 4) is 0 Å². The lowest BCUT2D eigenvalue weighted by molar-refractivity contribution is -0.141. The van der Waals surface area contributed by atoms with Gasteiger partial charge in [0.05, 0.1) is 0 Å². The summed E-state index contributed by atoms with van der Waals surface area (Å²) in [4.78, 5) is 2.60. The Morgan fingerprint density at radius 2 is 1.76 bits per heavy atom. The van der Waals surface area contributed by atoms with Gasteiger partial charge in [-0.05, 0) is 36.6 Å². The maximum absolute atomic E-state index is 12.8. The molecule has 9 heteroatoms. The summed E-state index contributed by atoms with van der Waals surface area (Å²) in [6.45, 7) is 5.79. The van der Waals surface area contributed by atoms with Gasteiger partial charge in [0, 0.05) is 58.5 Å². The van der Waals surface area contributed by atoms with E-state index in [1.807, 2.05) is 0 Å². The molecule has 25 heavy (non-hydrogen) atoms. The van der Waals surface area contributed by atoms with Gasteiger partial charge in [-0.2, -0.15) is 18.3 Å². The molecule has 2 atom stereocenters. The fraction of sp³-hybridized carbons (Fsp3) is 0.812. The highest BCUT2D eigenvalue weighted by atomic mass is 32.2. The first-order chi connectivity index (χ1) is 11.9. The maximum atomic E-state index is 12.8. The minimum Gasteiger partial charge on any atom is -0.381 e. The number of fused-ring (bicyclic) bond motifs is 1. The number of aryl methyl sites for hydroxylation is 1. The third kappa shape index (κ3) is 3.70. The minimum absolute atomic E-state index is 0.550. The van der Waals surface area contributed by atoms with Crippen molar-refractivity contribution in [2.24, 2.45) is 18.9 Å². The van der Waals surface area contributed by atoms with Gasteiger partial charge >= 0.3 is 6.18 Å². The van der Waals surface area contributed by atoms with Gasteiger partial charge in [-0.25, -0.2) is 4.31 Å². The summed E-state index contributed by atoms with van der Waals surface area (Å²) in [6, 6.07) is 1.79. The quantitative estimate of drug-likeness (QED) is 0.757. The standard InChI is InChI=1S/C16H23F3N4OS/c1-21-15(6-14(20-21)16(17,18)19)25-23-9-11-7-22(8-12(11)10-23)13-2-4-24-5-3-13/h6,11-13H,2-5,7-10H2,1H3. The smallest absolute Gasteiger partial charge is 0.381 e. The van der Waals surface area contributed by atoms with Gasteiger partial charge in [0.1, 0.15) is 5.03 Å². The van der Waals surface area contributed by atoms with Crippen molar-refractivity contribution < 1.29 is 17.9 Å². The monoisotopic (exact) mass is 376 g/mol. The lowest BCUT2D eigenvalue weighted by Crippen LogP contribution is -2.39. The highest BCUT2D eigenvalue weighted by molar-refractivity contribution is 7.97. The Morgan fingerprint density at radius 3 is 2.32 bits per heavy atom. The molecular formula is C16H23F3N4OS. The molecule has 1 aromatic rings. The first kappa shape index (κ1) is 17.6. The number of likely N-dealkylation sites (tertiary alicyclic amines) is 1. The second-order valence-electron chi connectivity index (χ2n) is 7.25. The molecule has 4 rings (SSSR count). The van der Waals surface area contributed by atoms with Crippen molar-refractivity contribution in [1.29, 1.82) is 0 Å². The SMILES string of the molecule is Cn1nc(C(F)(F)F)cc1SN1CC2CN(C3CCOCC3)CC2C1. The van der Waals surface area contributed by atoms with E-state index in [4.69, 9.17) is 4.74 Å². The highest BCUT2D eigenvalue weighted by Gasteiger charge is 2.43. The van der Waals surface area contributed by atoms with E-state index >= 15 is 0 Å². The third-order valence-electron chi connectivity index (χ3n) is 5.54. The zero-order valence-electron chi connectivity index (χ0n) is 14.2. The molecule has 0 N–H and O–H groups in total. The van der Waals surface area contributed by atoms with Crippen LogP contribution >= 0.6 is 11.9 Å². The normalized spacial score (nSPS) is 29.4. The molecule has 3 saturated heterocycles. The molecule has 140 valence electrons. The van der Waals surface area contributed by atoms with E-state index < -0.39 is 11.9 Å². The predicted octanol–water partition coefficient (Wildman–Crippen LogP) is 2.49. The second kappa shape index (κ2) is 6.75. The summed E-state index contributed by atoms with van der Waals surface area (Å²) in [5.74, 6) is 1.23. The number of alkyl halides is 3. The summed E-state index contributed by atoms with van der Waals surface area (Å²) >= 11 is 1.40. The molecule has 0 saturated carbocycles. The van der Waals surface area contributed by atoms with Crippen LogP contribution in [0.4, 0.5) is 13.2 Å². The van der Waals surface area contributed by atoms with Crippen LogP contribution < -0.4 is 0 Å². The Kier molecular flexibility index (Phi) is 4.76. The van der Waals surface area contributed by atoms with E-state index in [1.54, 1.807) is 7.05 Å². The molecule has 3 aliphatic heterocycles. The molecule has 0 aromatic carbocycles. The first-order valence-corrected chi connectivity index (χ1v) is 9.53. The number of nitrogens with zero attached hydrogens (tertiary/aromatic N) is 4. The van der Waals surface area contributed by atoms with Gasteiger partial charge in [0.2, 0.25) is 0 Å². The van der Waals surface area contributed by atoms with E-state index in [0.29, 0.717) is 22.9 Å². The number of aromatic nitrogens is 2. The van der Waals surface area contributed by atoms with Crippen molar-refractivity contribution in [2.45, 2.75) is 30.1 Å². The average Bonchev–Trinajstić information content (AvgIpc) is 3.22. The lowest BCUT2D eigenvalue weighted by atomic mass is 10.0. The van der Waals surface area contributed by atoms with Crippen molar-refractivity contribution in [1.82, 2.24) is 19.0 Å². The fourth-order valence-corrected chi connectivity index (χ4v) is 5.34. The number of hydrogen-bond acceptors (Lipinski definition) is 5. The van der Waals surface area contributed by atoms with E-state index in [-0.39, 0.29) is 0 Å². The van der Waals surface area contributed by atoms with E-state index in [0.717, 1.165) is 58.3 Å². The zero-order valence-corrected chi connectivity index (χ0v) is 15.0. The number of halogens is 3. The molecule has 2 unspecified atom stereocenters. The Bertz CT molecular complexity index is 603. The van der Waals surface area contributed by atoms with Gasteiger partial charge in [-0.1, -0.05) is 0 Å². The Hall–Kier alpha value is -0.770. The van der Waals surface area contributed by atoms with Crippen LogP contribution in [0.5, 0.6) is 0 Å². The number of rotatable bonds is 3. The van der Waals surface area contributed by atoms with Crippen molar-refractivity contribution in [3.63, 3.8) is 0 Å². The summed E-state index contributed by atoms with van der Waals surface area (Å²) in [5.41, 5.74) is -0.817. The molecule has 0 aliphatic carbocycles. The summed E-state index contributed by atoms with van der Waals surface area (Å²) in [5, 5.41) is 4.14. The summed E-state index contributed by atoms with van der Waals surface area (Å²) < 4.78 is 47.3. The van der Waals surface area contributed by atoms with Crippen LogP contribution in [0, 0.1) is 11.8 Å². The predicted molar refractivity (Wildman–Crippen MR) is 88.0 cm³/mol. The van der Waals surface area contributed by atoms with Crippen LogP contribution in [-0.4, -0.2) is 64.4 Å². The zero-order chi connectivity index (χ0) is 17.6. The Balaban J connectivity index is 1.34. The van der Waals surface area contributed by atoms with Crippen LogP contribution in [0.1, 0.15) is 18.5 Å². The topological polar surface area (TPSA) is 33.5 Å². The summed E-state index contributed by atoms with van der Waals surface area (Å²) in [7, 11) is 1.57.